The predicted molar refractivity (Wildman–Crippen MR) is 66.4 cm³/mol. The molecule has 0 radical (unpaired) electrons. The third-order valence-electron chi connectivity index (χ3n) is 3.17. The summed E-state index contributed by atoms with van der Waals surface area (Å²) >= 11 is 0. The largest absolute Gasteiger partial charge is 0.306 e. The number of aryl methyl sites for hydroxylation is 1. The van der Waals surface area contributed by atoms with Crippen molar-refractivity contribution in [1.82, 2.24) is 15.1 Å². The van der Waals surface area contributed by atoms with Crippen LogP contribution in [0.3, 0.4) is 0 Å². The van der Waals surface area contributed by atoms with Crippen LogP contribution >= 0.6 is 0 Å². The van der Waals surface area contributed by atoms with Gasteiger partial charge in [-0.3, -0.25) is 4.68 Å². The van der Waals surface area contributed by atoms with Crippen LogP contribution in [-0.4, -0.2) is 35.7 Å². The van der Waals surface area contributed by atoms with Gasteiger partial charge in [0.2, 0.25) is 0 Å². The number of aromatic nitrogens is 2. The molecule has 6 heteroatoms. The molecule has 0 saturated carbocycles. The van der Waals surface area contributed by atoms with E-state index in [1.165, 1.54) is 0 Å². The highest BCUT2D eigenvalue weighted by molar-refractivity contribution is 7.91. The van der Waals surface area contributed by atoms with E-state index in [2.05, 4.69) is 10.4 Å². The summed E-state index contributed by atoms with van der Waals surface area (Å²) in [5.41, 5.74) is 1.09. The molecule has 1 fully saturated rings. The number of nitrogens with zero attached hydrogens (tertiary/aromatic N) is 2. The molecular weight excluding hydrogens is 238 g/mol. The zero-order valence-corrected chi connectivity index (χ0v) is 11.1. The second-order valence-electron chi connectivity index (χ2n) is 4.79. The van der Waals surface area contributed by atoms with Crippen LogP contribution in [0.1, 0.15) is 31.4 Å². The smallest absolute Gasteiger partial charge is 0.151 e. The minimum Gasteiger partial charge on any atom is -0.306 e. The van der Waals surface area contributed by atoms with E-state index in [1.54, 1.807) is 4.68 Å². The molecule has 2 atom stereocenters. The summed E-state index contributed by atoms with van der Waals surface area (Å²) in [5, 5.41) is 7.49. The zero-order chi connectivity index (χ0) is 12.5. The van der Waals surface area contributed by atoms with Gasteiger partial charge in [0, 0.05) is 30.9 Å². The minimum absolute atomic E-state index is 0.0731. The van der Waals surface area contributed by atoms with E-state index < -0.39 is 9.84 Å². The molecule has 2 heterocycles. The van der Waals surface area contributed by atoms with Crippen molar-refractivity contribution in [1.29, 1.82) is 0 Å². The highest BCUT2D eigenvalue weighted by Crippen LogP contribution is 2.17. The normalized spacial score (nSPS) is 25.6. The van der Waals surface area contributed by atoms with E-state index in [-0.39, 0.29) is 17.8 Å². The van der Waals surface area contributed by atoms with Crippen molar-refractivity contribution in [2.24, 2.45) is 7.05 Å². The van der Waals surface area contributed by atoms with Gasteiger partial charge >= 0.3 is 0 Å². The first-order valence-corrected chi connectivity index (χ1v) is 7.73. The molecule has 0 amide bonds. The van der Waals surface area contributed by atoms with Gasteiger partial charge in [0.15, 0.2) is 9.84 Å². The Hall–Kier alpha value is -0.880. The Morgan fingerprint density at radius 1 is 1.59 bits per heavy atom. The van der Waals surface area contributed by atoms with E-state index in [9.17, 15) is 8.42 Å². The zero-order valence-electron chi connectivity index (χ0n) is 10.3. The van der Waals surface area contributed by atoms with Gasteiger partial charge in [-0.15, -0.1) is 0 Å². The molecule has 1 aromatic rings. The van der Waals surface area contributed by atoms with Crippen LogP contribution in [0, 0.1) is 0 Å². The minimum atomic E-state index is -2.84. The Kier molecular flexibility index (Phi) is 3.53. The third kappa shape index (κ3) is 3.29. The molecule has 96 valence electrons. The van der Waals surface area contributed by atoms with Crippen molar-refractivity contribution in [2.75, 3.05) is 11.5 Å². The number of nitrogens with one attached hydrogen (secondary N) is 1. The molecule has 1 N–H and O–H groups in total. The van der Waals surface area contributed by atoms with Crippen molar-refractivity contribution >= 4 is 9.84 Å². The molecule has 1 saturated heterocycles. The number of hydrogen-bond acceptors (Lipinski definition) is 4. The van der Waals surface area contributed by atoms with Crippen molar-refractivity contribution in [3.05, 3.63) is 18.0 Å². The summed E-state index contributed by atoms with van der Waals surface area (Å²) in [6, 6.07) is 0.214. The summed E-state index contributed by atoms with van der Waals surface area (Å²) in [4.78, 5) is 0. The Bertz CT molecular complexity index is 481. The van der Waals surface area contributed by atoms with Crippen LogP contribution in [0.5, 0.6) is 0 Å². The lowest BCUT2D eigenvalue weighted by atomic mass is 10.1. The molecule has 0 aliphatic carbocycles. The maximum atomic E-state index is 11.5. The Morgan fingerprint density at radius 3 is 2.94 bits per heavy atom. The van der Waals surface area contributed by atoms with Gasteiger partial charge in [-0.1, -0.05) is 0 Å². The van der Waals surface area contributed by atoms with E-state index in [0.29, 0.717) is 5.75 Å². The first-order chi connectivity index (χ1) is 7.96. The fourth-order valence-electron chi connectivity index (χ4n) is 2.27. The van der Waals surface area contributed by atoms with E-state index in [1.807, 2.05) is 26.4 Å². The summed E-state index contributed by atoms with van der Waals surface area (Å²) in [7, 11) is -0.962. The fourth-order valence-corrected chi connectivity index (χ4v) is 3.92. The number of rotatable bonds is 3. The Balaban J connectivity index is 1.97. The van der Waals surface area contributed by atoms with Gasteiger partial charge in [0.1, 0.15) is 0 Å². The first-order valence-electron chi connectivity index (χ1n) is 5.91. The van der Waals surface area contributed by atoms with Gasteiger partial charge in [-0.2, -0.15) is 5.10 Å². The van der Waals surface area contributed by atoms with Gasteiger partial charge in [-0.25, -0.2) is 8.42 Å². The topological polar surface area (TPSA) is 64.0 Å². The molecule has 5 nitrogen and oxygen atoms in total. The lowest BCUT2D eigenvalue weighted by Crippen LogP contribution is -2.41. The standard InChI is InChI=1S/C11H19N3O2S/c1-9(10-6-12-14(2)7-10)13-11-4-3-5-17(15,16)8-11/h6-7,9,11,13H,3-5,8H2,1-2H3. The molecular formula is C11H19N3O2S. The van der Waals surface area contributed by atoms with E-state index in [0.717, 1.165) is 18.4 Å². The Labute approximate surface area is 102 Å². The average molecular weight is 257 g/mol. The van der Waals surface area contributed by atoms with Crippen molar-refractivity contribution < 1.29 is 8.42 Å². The van der Waals surface area contributed by atoms with Crippen LogP contribution < -0.4 is 5.32 Å². The van der Waals surface area contributed by atoms with Gasteiger partial charge < -0.3 is 5.32 Å². The molecule has 0 bridgehead atoms. The molecule has 1 aliphatic heterocycles. The molecule has 0 aromatic carbocycles. The van der Waals surface area contributed by atoms with E-state index >= 15 is 0 Å². The lowest BCUT2D eigenvalue weighted by molar-refractivity contribution is 0.437. The molecule has 2 rings (SSSR count). The SMILES string of the molecule is CC(NC1CCCS(=O)(=O)C1)c1cnn(C)c1. The fraction of sp³-hybridized carbons (Fsp3) is 0.727. The van der Waals surface area contributed by atoms with Crippen molar-refractivity contribution in [2.45, 2.75) is 31.8 Å². The lowest BCUT2D eigenvalue weighted by Gasteiger charge is -2.26. The van der Waals surface area contributed by atoms with Crippen LogP contribution in [-0.2, 0) is 16.9 Å². The molecule has 2 unspecified atom stereocenters. The molecule has 1 aliphatic rings. The van der Waals surface area contributed by atoms with Crippen LogP contribution in [0.4, 0.5) is 0 Å². The Morgan fingerprint density at radius 2 is 2.35 bits per heavy atom. The third-order valence-corrected chi connectivity index (χ3v) is 4.99. The second-order valence-corrected chi connectivity index (χ2v) is 7.02. The maximum Gasteiger partial charge on any atom is 0.151 e. The van der Waals surface area contributed by atoms with Crippen LogP contribution in [0.2, 0.25) is 0 Å². The van der Waals surface area contributed by atoms with Gasteiger partial charge in [0.25, 0.3) is 0 Å². The number of hydrogen-bond donors (Lipinski definition) is 1. The van der Waals surface area contributed by atoms with Crippen molar-refractivity contribution in [3.8, 4) is 0 Å². The average Bonchev–Trinajstić information content (AvgIpc) is 2.63. The predicted octanol–water partition coefficient (Wildman–Crippen LogP) is 0.648. The maximum absolute atomic E-state index is 11.5. The molecule has 17 heavy (non-hydrogen) atoms. The number of sulfone groups is 1. The van der Waals surface area contributed by atoms with E-state index in [4.69, 9.17) is 0 Å². The monoisotopic (exact) mass is 257 g/mol. The van der Waals surface area contributed by atoms with Crippen LogP contribution in [0.15, 0.2) is 12.4 Å². The summed E-state index contributed by atoms with van der Waals surface area (Å²) in [6.07, 6.45) is 5.47. The highest BCUT2D eigenvalue weighted by Gasteiger charge is 2.25. The summed E-state index contributed by atoms with van der Waals surface area (Å²) in [5.74, 6) is 0.601. The highest BCUT2D eigenvalue weighted by atomic mass is 32.2. The molecule has 1 aromatic heterocycles. The quantitative estimate of drug-likeness (QED) is 0.863. The summed E-state index contributed by atoms with van der Waals surface area (Å²) in [6.45, 7) is 2.04. The molecule has 0 spiro atoms. The summed E-state index contributed by atoms with van der Waals surface area (Å²) < 4.78 is 24.8. The first kappa shape index (κ1) is 12.6. The van der Waals surface area contributed by atoms with Gasteiger partial charge in [-0.05, 0) is 19.8 Å². The second kappa shape index (κ2) is 4.78. The van der Waals surface area contributed by atoms with Crippen molar-refractivity contribution in [3.63, 3.8) is 0 Å². The van der Waals surface area contributed by atoms with Gasteiger partial charge in [0.05, 0.1) is 17.7 Å². The van der Waals surface area contributed by atoms with Crippen LogP contribution in [0.25, 0.3) is 0 Å².